The normalized spacial score (nSPS) is 13.4. The van der Waals surface area contributed by atoms with Crippen LogP contribution in [0.3, 0.4) is 0 Å². The van der Waals surface area contributed by atoms with Crippen LogP contribution >= 0.6 is 0 Å². The second-order valence-electron chi connectivity index (χ2n) is 6.43. The molecule has 1 aromatic heterocycles. The highest BCUT2D eigenvalue weighted by Gasteiger charge is 2.39. The number of hydrogen-bond acceptors (Lipinski definition) is 4. The zero-order valence-electron chi connectivity index (χ0n) is 15.2. The quantitative estimate of drug-likeness (QED) is 0.667. The SMILES string of the molecule is CC(C)C[C@@H](CNC(=O)c1cn(C)nc1C(F)(F)F)NC(=O)OCC(F)(F)F. The average Bonchev–Trinajstić information content (AvgIpc) is 2.91. The molecule has 160 valence electrons. The molecule has 0 bridgehead atoms. The summed E-state index contributed by atoms with van der Waals surface area (Å²) < 4.78 is 79.9. The van der Waals surface area contributed by atoms with Gasteiger partial charge in [0.15, 0.2) is 12.3 Å². The van der Waals surface area contributed by atoms with E-state index in [0.717, 1.165) is 10.9 Å². The van der Waals surface area contributed by atoms with Gasteiger partial charge in [-0.15, -0.1) is 0 Å². The number of rotatable bonds is 7. The molecule has 0 saturated heterocycles. The summed E-state index contributed by atoms with van der Waals surface area (Å²) in [5.41, 5.74) is -2.08. The van der Waals surface area contributed by atoms with Gasteiger partial charge in [-0.3, -0.25) is 9.48 Å². The Balaban J connectivity index is 2.75. The minimum Gasteiger partial charge on any atom is -0.440 e. The number of aromatic nitrogens is 2. The number of alkyl carbamates (subject to hydrolysis) is 1. The maximum Gasteiger partial charge on any atom is 0.435 e. The van der Waals surface area contributed by atoms with Gasteiger partial charge in [-0.1, -0.05) is 13.8 Å². The van der Waals surface area contributed by atoms with Crippen molar-refractivity contribution in [3.05, 3.63) is 17.5 Å². The second-order valence-corrected chi connectivity index (χ2v) is 6.43. The summed E-state index contributed by atoms with van der Waals surface area (Å²) in [6, 6.07) is -0.851. The van der Waals surface area contributed by atoms with E-state index in [1.165, 1.54) is 7.05 Å². The molecule has 1 rings (SSSR count). The maximum atomic E-state index is 12.9. The molecule has 0 aliphatic rings. The fraction of sp³-hybridized carbons (Fsp3) is 0.667. The van der Waals surface area contributed by atoms with Gasteiger partial charge in [0, 0.05) is 25.8 Å². The van der Waals surface area contributed by atoms with Crippen LogP contribution in [0.15, 0.2) is 6.20 Å². The molecule has 0 aliphatic carbocycles. The number of carbonyl (C=O) groups excluding carboxylic acids is 2. The van der Waals surface area contributed by atoms with E-state index in [0.29, 0.717) is 0 Å². The molecular weight excluding hydrogens is 398 g/mol. The first-order valence-corrected chi connectivity index (χ1v) is 8.08. The van der Waals surface area contributed by atoms with Crippen LogP contribution in [-0.4, -0.2) is 47.2 Å². The van der Waals surface area contributed by atoms with Crippen molar-refractivity contribution in [1.82, 2.24) is 20.4 Å². The number of nitrogens with one attached hydrogen (secondary N) is 2. The standard InChI is InChI=1S/C15H20F6N4O3/c1-8(2)4-9(23-13(27)28-7-14(16,17)18)5-22-12(26)10-6-25(3)24-11(10)15(19,20)21/h6,8-9H,4-5,7H2,1-3H3,(H,22,26)(H,23,27)/t9-/m0/s1. The zero-order chi connectivity index (χ0) is 21.7. The second kappa shape index (κ2) is 9.15. The topological polar surface area (TPSA) is 85.3 Å². The summed E-state index contributed by atoms with van der Waals surface area (Å²) in [6.45, 7) is 1.40. The van der Waals surface area contributed by atoms with E-state index in [-0.39, 0.29) is 18.9 Å². The Morgan fingerprint density at radius 3 is 2.32 bits per heavy atom. The minimum absolute atomic E-state index is 0.0334. The van der Waals surface area contributed by atoms with Crippen LogP contribution in [0.5, 0.6) is 0 Å². The van der Waals surface area contributed by atoms with E-state index in [4.69, 9.17) is 0 Å². The molecule has 28 heavy (non-hydrogen) atoms. The Morgan fingerprint density at radius 2 is 1.82 bits per heavy atom. The monoisotopic (exact) mass is 418 g/mol. The summed E-state index contributed by atoms with van der Waals surface area (Å²) in [7, 11) is 1.21. The first-order valence-electron chi connectivity index (χ1n) is 8.08. The van der Waals surface area contributed by atoms with Crippen LogP contribution in [0.4, 0.5) is 31.1 Å². The summed E-state index contributed by atoms with van der Waals surface area (Å²) in [4.78, 5) is 23.6. The number of halogens is 6. The lowest BCUT2D eigenvalue weighted by Gasteiger charge is -2.21. The summed E-state index contributed by atoms with van der Waals surface area (Å²) in [5.74, 6) is -1.12. The Bertz CT molecular complexity index is 684. The lowest BCUT2D eigenvalue weighted by molar-refractivity contribution is -0.160. The van der Waals surface area contributed by atoms with Crippen molar-refractivity contribution >= 4 is 12.0 Å². The van der Waals surface area contributed by atoms with Gasteiger partial charge in [-0.05, 0) is 12.3 Å². The van der Waals surface area contributed by atoms with Crippen LogP contribution < -0.4 is 10.6 Å². The predicted octanol–water partition coefficient (Wildman–Crippen LogP) is 2.87. The fourth-order valence-corrected chi connectivity index (χ4v) is 2.29. The van der Waals surface area contributed by atoms with Gasteiger partial charge in [0.25, 0.3) is 5.91 Å². The Kier molecular flexibility index (Phi) is 7.70. The average molecular weight is 418 g/mol. The molecule has 2 amide bonds. The largest absolute Gasteiger partial charge is 0.440 e. The summed E-state index contributed by atoms with van der Waals surface area (Å²) >= 11 is 0. The molecule has 0 aromatic carbocycles. The van der Waals surface area contributed by atoms with Gasteiger partial charge in [0.1, 0.15) is 0 Å². The van der Waals surface area contributed by atoms with Crippen LogP contribution in [0.2, 0.25) is 0 Å². The molecular formula is C15H20F6N4O3. The lowest BCUT2D eigenvalue weighted by atomic mass is 10.0. The third-order valence-electron chi connectivity index (χ3n) is 3.30. The Labute approximate surface area is 156 Å². The van der Waals surface area contributed by atoms with Gasteiger partial charge in [0.2, 0.25) is 0 Å². The van der Waals surface area contributed by atoms with Crippen molar-refractivity contribution in [2.75, 3.05) is 13.2 Å². The molecule has 1 aromatic rings. The molecule has 0 aliphatic heterocycles. The van der Waals surface area contributed by atoms with Crippen LogP contribution in [0.1, 0.15) is 36.3 Å². The maximum absolute atomic E-state index is 12.9. The summed E-state index contributed by atoms with van der Waals surface area (Å²) in [5, 5.41) is 7.59. The van der Waals surface area contributed by atoms with Crippen molar-refractivity contribution in [3.8, 4) is 0 Å². The van der Waals surface area contributed by atoms with Crippen LogP contribution in [0, 0.1) is 5.92 Å². The van der Waals surface area contributed by atoms with Crippen molar-refractivity contribution < 1.29 is 40.7 Å². The van der Waals surface area contributed by atoms with Crippen molar-refractivity contribution in [3.63, 3.8) is 0 Å². The Hall–Kier alpha value is -2.47. The van der Waals surface area contributed by atoms with Crippen LogP contribution in [-0.2, 0) is 18.0 Å². The molecule has 0 unspecified atom stereocenters. The van der Waals surface area contributed by atoms with E-state index in [2.05, 4.69) is 20.5 Å². The van der Waals surface area contributed by atoms with Crippen molar-refractivity contribution in [2.45, 2.75) is 38.7 Å². The molecule has 0 fully saturated rings. The number of hydrogen-bond donors (Lipinski definition) is 2. The van der Waals surface area contributed by atoms with Gasteiger partial charge in [-0.25, -0.2) is 4.79 Å². The molecule has 13 heteroatoms. The number of ether oxygens (including phenoxy) is 1. The molecule has 0 radical (unpaired) electrons. The minimum atomic E-state index is -4.84. The van der Waals surface area contributed by atoms with E-state index in [9.17, 15) is 35.9 Å². The van der Waals surface area contributed by atoms with E-state index >= 15 is 0 Å². The highest BCUT2D eigenvalue weighted by Crippen LogP contribution is 2.30. The highest BCUT2D eigenvalue weighted by molar-refractivity contribution is 5.95. The number of alkyl halides is 6. The van der Waals surface area contributed by atoms with E-state index < -0.39 is 48.3 Å². The van der Waals surface area contributed by atoms with Gasteiger partial charge in [0.05, 0.1) is 5.56 Å². The molecule has 2 N–H and O–H groups in total. The molecule has 0 saturated carbocycles. The van der Waals surface area contributed by atoms with Crippen molar-refractivity contribution in [1.29, 1.82) is 0 Å². The van der Waals surface area contributed by atoms with Gasteiger partial charge in [-0.2, -0.15) is 31.4 Å². The smallest absolute Gasteiger partial charge is 0.435 e. The molecule has 7 nitrogen and oxygen atoms in total. The number of carbonyl (C=O) groups is 2. The first-order chi connectivity index (χ1) is 12.7. The van der Waals surface area contributed by atoms with E-state index in [1.54, 1.807) is 13.8 Å². The fourth-order valence-electron chi connectivity index (χ4n) is 2.29. The number of nitrogens with zero attached hydrogens (tertiary/aromatic N) is 2. The third-order valence-corrected chi connectivity index (χ3v) is 3.30. The zero-order valence-corrected chi connectivity index (χ0v) is 15.2. The highest BCUT2D eigenvalue weighted by atomic mass is 19.4. The molecule has 1 atom stereocenters. The van der Waals surface area contributed by atoms with Gasteiger partial charge >= 0.3 is 18.4 Å². The predicted molar refractivity (Wildman–Crippen MR) is 84.3 cm³/mol. The third kappa shape index (κ3) is 8.05. The van der Waals surface area contributed by atoms with Crippen molar-refractivity contribution in [2.24, 2.45) is 13.0 Å². The Morgan fingerprint density at radius 1 is 1.21 bits per heavy atom. The van der Waals surface area contributed by atoms with Gasteiger partial charge < -0.3 is 15.4 Å². The summed E-state index contributed by atoms with van der Waals surface area (Å²) in [6.07, 6.45) is -9.77. The number of aryl methyl sites for hydroxylation is 1. The molecule has 1 heterocycles. The lowest BCUT2D eigenvalue weighted by Crippen LogP contribution is -2.45. The first kappa shape index (κ1) is 23.6. The molecule has 0 spiro atoms. The van der Waals surface area contributed by atoms with E-state index in [1.807, 2.05) is 0 Å². The number of amides is 2. The van der Waals surface area contributed by atoms with Crippen LogP contribution in [0.25, 0.3) is 0 Å².